The van der Waals surface area contributed by atoms with Crippen molar-refractivity contribution in [3.8, 4) is 22.9 Å². The number of piperazine rings is 1. The number of aromatic nitrogens is 2. The van der Waals surface area contributed by atoms with Crippen LogP contribution in [0.5, 0.6) is 11.8 Å². The summed E-state index contributed by atoms with van der Waals surface area (Å²) < 4.78 is 42.9. The minimum absolute atomic E-state index is 0.0347. The van der Waals surface area contributed by atoms with E-state index < -0.39 is 11.6 Å². The smallest absolute Gasteiger partial charge is 0.319 e. The van der Waals surface area contributed by atoms with Crippen molar-refractivity contribution >= 4 is 28.3 Å². The van der Waals surface area contributed by atoms with Crippen LogP contribution in [0.3, 0.4) is 0 Å². The Labute approximate surface area is 219 Å². The van der Waals surface area contributed by atoms with E-state index in [0.717, 1.165) is 51.9 Å². The standard InChI is InChI=1S/C27H30ClF2N5O2/c1-34-10-8-17(9-11-34)37-27-32-25-18(26(33-27)35-13-15-6-7-16(14-35)31-15)12-19(28)22(24(25)30)23-20(29)4-3-5-21(23)36-2/h3-5,12,15-17,31H,6-11,13-14H2,1-2H3. The molecule has 0 saturated carbocycles. The predicted octanol–water partition coefficient (Wildman–Crippen LogP) is 4.65. The van der Waals surface area contributed by atoms with Crippen LogP contribution in [-0.2, 0) is 0 Å². The highest BCUT2D eigenvalue weighted by Crippen LogP contribution is 2.43. The first-order valence-corrected chi connectivity index (χ1v) is 13.2. The van der Waals surface area contributed by atoms with Crippen molar-refractivity contribution in [3.05, 3.63) is 40.9 Å². The van der Waals surface area contributed by atoms with Crippen LogP contribution >= 0.6 is 11.6 Å². The number of fused-ring (bicyclic) bond motifs is 3. The molecule has 1 aromatic heterocycles. The van der Waals surface area contributed by atoms with Crippen molar-refractivity contribution in [3.63, 3.8) is 0 Å². The van der Waals surface area contributed by atoms with Crippen molar-refractivity contribution in [2.45, 2.75) is 43.9 Å². The summed E-state index contributed by atoms with van der Waals surface area (Å²) in [5.74, 6) is -0.564. The molecule has 0 aliphatic carbocycles. The third-order valence-corrected chi connectivity index (χ3v) is 8.04. The molecule has 2 atom stereocenters. The molecule has 7 nitrogen and oxygen atoms in total. The van der Waals surface area contributed by atoms with E-state index in [1.54, 1.807) is 12.1 Å². The molecule has 3 aliphatic heterocycles. The highest BCUT2D eigenvalue weighted by atomic mass is 35.5. The first-order valence-electron chi connectivity index (χ1n) is 12.8. The van der Waals surface area contributed by atoms with Gasteiger partial charge in [0.2, 0.25) is 0 Å². The minimum Gasteiger partial charge on any atom is -0.496 e. The van der Waals surface area contributed by atoms with Crippen LogP contribution in [0.1, 0.15) is 25.7 Å². The molecule has 3 aliphatic rings. The fourth-order valence-electron chi connectivity index (χ4n) is 5.82. The molecule has 3 fully saturated rings. The molecule has 3 saturated heterocycles. The fourth-order valence-corrected chi connectivity index (χ4v) is 6.11. The number of benzene rings is 2. The van der Waals surface area contributed by atoms with Crippen molar-refractivity contribution in [2.24, 2.45) is 0 Å². The van der Waals surface area contributed by atoms with Crippen LogP contribution in [0.15, 0.2) is 24.3 Å². The monoisotopic (exact) mass is 529 g/mol. The first kappa shape index (κ1) is 24.6. The highest BCUT2D eigenvalue weighted by molar-refractivity contribution is 6.34. The summed E-state index contributed by atoms with van der Waals surface area (Å²) in [7, 11) is 3.49. The van der Waals surface area contributed by atoms with Gasteiger partial charge in [-0.05, 0) is 50.9 Å². The zero-order valence-electron chi connectivity index (χ0n) is 20.9. The molecule has 3 aromatic rings. The number of nitrogens with zero attached hydrogens (tertiary/aromatic N) is 4. The molecular weight excluding hydrogens is 500 g/mol. The Bertz CT molecular complexity index is 1320. The second kappa shape index (κ2) is 9.85. The Kier molecular flexibility index (Phi) is 6.54. The van der Waals surface area contributed by atoms with Crippen LogP contribution in [0.25, 0.3) is 22.0 Å². The third-order valence-electron chi connectivity index (χ3n) is 7.74. The molecule has 2 unspecified atom stereocenters. The summed E-state index contributed by atoms with van der Waals surface area (Å²) in [6, 6.07) is 6.82. The maximum atomic E-state index is 16.3. The van der Waals surface area contributed by atoms with Gasteiger partial charge in [0.05, 0.1) is 17.7 Å². The molecular formula is C27H30ClF2N5O2. The number of anilines is 1. The third kappa shape index (κ3) is 4.57. The highest BCUT2D eigenvalue weighted by Gasteiger charge is 2.35. The van der Waals surface area contributed by atoms with E-state index in [9.17, 15) is 4.39 Å². The van der Waals surface area contributed by atoms with Gasteiger partial charge in [-0.25, -0.2) is 8.78 Å². The maximum absolute atomic E-state index is 16.3. The van der Waals surface area contributed by atoms with Gasteiger partial charge in [-0.15, -0.1) is 0 Å². The molecule has 2 aromatic carbocycles. The Morgan fingerprint density at radius 2 is 1.76 bits per heavy atom. The van der Waals surface area contributed by atoms with E-state index in [4.69, 9.17) is 26.1 Å². The Balaban J connectivity index is 1.50. The summed E-state index contributed by atoms with van der Waals surface area (Å²) in [5, 5.41) is 4.17. The summed E-state index contributed by atoms with van der Waals surface area (Å²) >= 11 is 6.65. The van der Waals surface area contributed by atoms with Gasteiger partial charge in [0.15, 0.2) is 5.82 Å². The van der Waals surface area contributed by atoms with Crippen molar-refractivity contribution < 1.29 is 18.3 Å². The lowest BCUT2D eigenvalue weighted by Crippen LogP contribution is -2.51. The van der Waals surface area contributed by atoms with Crippen LogP contribution in [0.4, 0.5) is 14.6 Å². The van der Waals surface area contributed by atoms with E-state index in [2.05, 4.69) is 27.1 Å². The fraction of sp³-hybridized carbons (Fsp3) is 0.481. The zero-order valence-corrected chi connectivity index (χ0v) is 21.7. The molecule has 10 heteroatoms. The molecule has 196 valence electrons. The van der Waals surface area contributed by atoms with E-state index in [1.807, 2.05) is 0 Å². The topological polar surface area (TPSA) is 62.8 Å². The second-order valence-electron chi connectivity index (χ2n) is 10.3. The number of nitrogens with one attached hydrogen (secondary N) is 1. The Morgan fingerprint density at radius 1 is 1.03 bits per heavy atom. The summed E-state index contributed by atoms with van der Waals surface area (Å²) in [5.41, 5.74) is -0.0598. The normalized spacial score (nSPS) is 22.6. The van der Waals surface area contributed by atoms with Crippen molar-refractivity contribution in [1.29, 1.82) is 0 Å². The molecule has 2 bridgehead atoms. The van der Waals surface area contributed by atoms with E-state index in [1.165, 1.54) is 19.2 Å². The van der Waals surface area contributed by atoms with Crippen LogP contribution in [-0.4, -0.2) is 73.4 Å². The molecule has 1 N–H and O–H groups in total. The number of methoxy groups -OCH3 is 1. The average molecular weight is 530 g/mol. The van der Waals surface area contributed by atoms with Gasteiger partial charge in [-0.1, -0.05) is 17.7 Å². The molecule has 0 spiro atoms. The number of hydrogen-bond acceptors (Lipinski definition) is 7. The van der Waals surface area contributed by atoms with Crippen molar-refractivity contribution in [1.82, 2.24) is 20.2 Å². The van der Waals surface area contributed by atoms with Gasteiger partial charge in [0, 0.05) is 49.2 Å². The second-order valence-corrected chi connectivity index (χ2v) is 10.7. The van der Waals surface area contributed by atoms with Gasteiger partial charge in [0.1, 0.15) is 29.0 Å². The predicted molar refractivity (Wildman–Crippen MR) is 140 cm³/mol. The summed E-state index contributed by atoms with van der Waals surface area (Å²) in [6.07, 6.45) is 3.81. The summed E-state index contributed by atoms with van der Waals surface area (Å²) in [6.45, 7) is 3.32. The lowest BCUT2D eigenvalue weighted by atomic mass is 10.0. The van der Waals surface area contributed by atoms with Crippen LogP contribution in [0.2, 0.25) is 5.02 Å². The first-order chi connectivity index (χ1) is 17.9. The molecule has 4 heterocycles. The lowest BCUT2D eigenvalue weighted by molar-refractivity contribution is 0.105. The minimum atomic E-state index is -0.721. The quantitative estimate of drug-likeness (QED) is 0.516. The van der Waals surface area contributed by atoms with E-state index in [-0.39, 0.29) is 39.5 Å². The molecule has 0 radical (unpaired) electrons. The van der Waals surface area contributed by atoms with Gasteiger partial charge in [0.25, 0.3) is 0 Å². The zero-order chi connectivity index (χ0) is 25.7. The molecule has 0 amide bonds. The van der Waals surface area contributed by atoms with E-state index in [0.29, 0.717) is 23.3 Å². The SMILES string of the molecule is COc1cccc(F)c1-c1c(Cl)cc2c(N3CC4CCC(C3)N4)nc(OC3CCN(C)CC3)nc2c1F. The number of halogens is 3. The van der Waals surface area contributed by atoms with Gasteiger partial charge in [-0.2, -0.15) is 9.97 Å². The van der Waals surface area contributed by atoms with Crippen LogP contribution in [0, 0.1) is 11.6 Å². The number of likely N-dealkylation sites (tertiary alicyclic amines) is 1. The van der Waals surface area contributed by atoms with Gasteiger partial charge < -0.3 is 24.6 Å². The van der Waals surface area contributed by atoms with Gasteiger partial charge >= 0.3 is 6.01 Å². The Morgan fingerprint density at radius 3 is 2.46 bits per heavy atom. The maximum Gasteiger partial charge on any atom is 0.319 e. The molecule has 6 rings (SSSR count). The van der Waals surface area contributed by atoms with E-state index >= 15 is 4.39 Å². The number of piperidine rings is 1. The average Bonchev–Trinajstić information content (AvgIpc) is 3.23. The van der Waals surface area contributed by atoms with Crippen LogP contribution < -0.4 is 19.7 Å². The number of ether oxygens (including phenoxy) is 2. The number of rotatable bonds is 5. The Hall–Kier alpha value is -2.75. The molecule has 37 heavy (non-hydrogen) atoms. The lowest BCUT2D eigenvalue weighted by Gasteiger charge is -2.34. The van der Waals surface area contributed by atoms with Crippen molar-refractivity contribution in [2.75, 3.05) is 45.2 Å². The summed E-state index contributed by atoms with van der Waals surface area (Å²) in [4.78, 5) is 13.7. The largest absolute Gasteiger partial charge is 0.496 e. The van der Waals surface area contributed by atoms with Gasteiger partial charge in [-0.3, -0.25) is 0 Å². The number of hydrogen-bond donors (Lipinski definition) is 1.